The maximum atomic E-state index is 10.5. The summed E-state index contributed by atoms with van der Waals surface area (Å²) in [5.74, 6) is -0.937. The van der Waals surface area contributed by atoms with Gasteiger partial charge in [-0.15, -0.1) is 0 Å². The summed E-state index contributed by atoms with van der Waals surface area (Å²) < 4.78 is 5.35. The predicted molar refractivity (Wildman–Crippen MR) is 85.7 cm³/mol. The van der Waals surface area contributed by atoms with E-state index in [1.807, 2.05) is 30.3 Å². The van der Waals surface area contributed by atoms with Gasteiger partial charge in [-0.2, -0.15) is 0 Å². The van der Waals surface area contributed by atoms with Gasteiger partial charge in [0.2, 0.25) is 0 Å². The summed E-state index contributed by atoms with van der Waals surface area (Å²) in [6.07, 6.45) is -0.257. The molecule has 6 nitrogen and oxygen atoms in total. The summed E-state index contributed by atoms with van der Waals surface area (Å²) >= 11 is 0.229. The van der Waals surface area contributed by atoms with E-state index in [-0.39, 0.29) is 15.0 Å². The molecular formula is C15H24N2O4Se. The molecule has 7 heteroatoms. The van der Waals surface area contributed by atoms with E-state index in [4.69, 9.17) is 15.6 Å². The van der Waals surface area contributed by atoms with Crippen LogP contribution in [0.1, 0.15) is 12.0 Å². The first-order valence-electron chi connectivity index (χ1n) is 7.20. The maximum absolute atomic E-state index is 10.5. The minimum absolute atomic E-state index is 0.229. The first-order chi connectivity index (χ1) is 10.6. The Hall–Kier alpha value is -0.951. The number of hydrogen-bond acceptors (Lipinski definition) is 5. The van der Waals surface area contributed by atoms with Crippen molar-refractivity contribution in [2.75, 3.05) is 13.1 Å². The van der Waals surface area contributed by atoms with Gasteiger partial charge in [-0.05, 0) is 0 Å². The van der Waals surface area contributed by atoms with Gasteiger partial charge in [-0.1, -0.05) is 0 Å². The molecule has 0 radical (unpaired) electrons. The van der Waals surface area contributed by atoms with Crippen molar-refractivity contribution >= 4 is 20.9 Å². The van der Waals surface area contributed by atoms with Crippen LogP contribution in [0.5, 0.6) is 0 Å². The SMILES string of the molecule is NC(C[Se]CCNCCC(O)OCc1ccccc1)C(=O)O. The third-order valence-corrected chi connectivity index (χ3v) is 5.17. The zero-order chi connectivity index (χ0) is 16.2. The van der Waals surface area contributed by atoms with Crippen LogP contribution in [0.3, 0.4) is 0 Å². The van der Waals surface area contributed by atoms with Gasteiger partial charge in [0.1, 0.15) is 0 Å². The molecule has 5 N–H and O–H groups in total. The fraction of sp³-hybridized carbons (Fsp3) is 0.533. The Balaban J connectivity index is 1.95. The molecule has 0 saturated heterocycles. The molecule has 22 heavy (non-hydrogen) atoms. The van der Waals surface area contributed by atoms with Crippen LogP contribution >= 0.6 is 0 Å². The van der Waals surface area contributed by atoms with Crippen molar-refractivity contribution in [1.29, 1.82) is 0 Å². The van der Waals surface area contributed by atoms with Crippen molar-refractivity contribution in [3.63, 3.8) is 0 Å². The van der Waals surface area contributed by atoms with Crippen LogP contribution in [0.4, 0.5) is 0 Å². The molecule has 1 aromatic rings. The Kier molecular flexibility index (Phi) is 10.1. The molecule has 0 amide bonds. The van der Waals surface area contributed by atoms with Crippen molar-refractivity contribution in [2.24, 2.45) is 5.73 Å². The summed E-state index contributed by atoms with van der Waals surface area (Å²) in [5.41, 5.74) is 6.46. The predicted octanol–water partition coefficient (Wildman–Crippen LogP) is 0.454. The molecule has 0 aliphatic heterocycles. The molecule has 0 fully saturated rings. The van der Waals surface area contributed by atoms with Crippen molar-refractivity contribution in [3.05, 3.63) is 35.9 Å². The Bertz CT molecular complexity index is 419. The summed E-state index contributed by atoms with van der Waals surface area (Å²) in [5, 5.41) is 23.0. The number of hydrogen-bond donors (Lipinski definition) is 4. The van der Waals surface area contributed by atoms with E-state index < -0.39 is 18.3 Å². The molecule has 0 aliphatic rings. The molecule has 0 bridgehead atoms. The summed E-state index contributed by atoms with van der Waals surface area (Å²) in [6.45, 7) is 1.87. The van der Waals surface area contributed by atoms with Gasteiger partial charge >= 0.3 is 137 Å². The van der Waals surface area contributed by atoms with Gasteiger partial charge in [0, 0.05) is 0 Å². The number of ether oxygens (including phenoxy) is 1. The van der Waals surface area contributed by atoms with Crippen molar-refractivity contribution < 1.29 is 19.7 Å². The normalized spacial score (nSPS) is 13.7. The standard InChI is InChI=1S/C15H24N2O4Se/c16-13(15(19)20)11-22-9-8-17-7-6-14(18)21-10-12-4-2-1-3-5-12/h1-5,13-14,17-18H,6-11,16H2,(H,19,20). The van der Waals surface area contributed by atoms with E-state index >= 15 is 0 Å². The number of aliphatic hydroxyl groups excluding tert-OH is 1. The van der Waals surface area contributed by atoms with Gasteiger partial charge in [-0.25, -0.2) is 0 Å². The van der Waals surface area contributed by atoms with Crippen molar-refractivity contribution in [1.82, 2.24) is 5.32 Å². The topological polar surface area (TPSA) is 105 Å². The number of nitrogens with two attached hydrogens (primary N) is 1. The molecule has 1 aromatic carbocycles. The number of rotatable bonds is 12. The third kappa shape index (κ3) is 9.15. The van der Waals surface area contributed by atoms with E-state index in [2.05, 4.69) is 5.32 Å². The molecule has 0 spiro atoms. The first-order valence-corrected chi connectivity index (χ1v) is 9.62. The molecule has 124 valence electrons. The zero-order valence-electron chi connectivity index (χ0n) is 12.5. The number of carbonyl (C=O) groups is 1. The van der Waals surface area contributed by atoms with E-state index in [9.17, 15) is 9.90 Å². The zero-order valence-corrected chi connectivity index (χ0v) is 14.2. The molecule has 0 aromatic heterocycles. The molecule has 2 unspecified atom stereocenters. The summed E-state index contributed by atoms with van der Waals surface area (Å²) in [6, 6.07) is 8.97. The van der Waals surface area contributed by atoms with Crippen molar-refractivity contribution in [2.45, 2.75) is 36.0 Å². The monoisotopic (exact) mass is 376 g/mol. The Morgan fingerprint density at radius 2 is 2.05 bits per heavy atom. The second-order valence-electron chi connectivity index (χ2n) is 4.81. The van der Waals surface area contributed by atoms with Crippen LogP contribution in [0.25, 0.3) is 0 Å². The van der Waals surface area contributed by atoms with E-state index in [0.29, 0.717) is 24.9 Å². The second-order valence-corrected chi connectivity index (χ2v) is 7.22. The van der Waals surface area contributed by atoms with E-state index in [1.165, 1.54) is 0 Å². The molecular weight excluding hydrogens is 351 g/mol. The Morgan fingerprint density at radius 1 is 1.32 bits per heavy atom. The number of carboxylic acids is 1. The summed E-state index contributed by atoms with van der Waals surface area (Å²) in [7, 11) is 0. The average molecular weight is 375 g/mol. The van der Waals surface area contributed by atoms with Gasteiger partial charge in [0.25, 0.3) is 0 Å². The quantitative estimate of drug-likeness (QED) is 0.240. The van der Waals surface area contributed by atoms with Gasteiger partial charge in [-0.3, -0.25) is 0 Å². The van der Waals surface area contributed by atoms with Crippen LogP contribution < -0.4 is 11.1 Å². The first kappa shape index (κ1) is 19.1. The second kappa shape index (κ2) is 11.6. The molecule has 1 rings (SSSR count). The van der Waals surface area contributed by atoms with Crippen LogP contribution in [0, 0.1) is 0 Å². The molecule has 2 atom stereocenters. The fourth-order valence-corrected chi connectivity index (χ4v) is 3.41. The number of carboxylic acid groups (broad SMARTS) is 1. The number of nitrogens with one attached hydrogen (secondary N) is 1. The van der Waals surface area contributed by atoms with E-state index in [0.717, 1.165) is 17.4 Å². The molecule has 0 saturated carbocycles. The number of benzene rings is 1. The average Bonchev–Trinajstić information content (AvgIpc) is 2.52. The van der Waals surface area contributed by atoms with Gasteiger partial charge in [0.15, 0.2) is 0 Å². The fourth-order valence-electron chi connectivity index (χ4n) is 1.63. The van der Waals surface area contributed by atoms with Crippen LogP contribution in [0.2, 0.25) is 10.6 Å². The minimum atomic E-state index is -0.937. The number of aliphatic hydroxyl groups is 1. The van der Waals surface area contributed by atoms with Crippen LogP contribution in [-0.4, -0.2) is 56.6 Å². The van der Waals surface area contributed by atoms with Gasteiger partial charge in [0.05, 0.1) is 0 Å². The van der Waals surface area contributed by atoms with Crippen molar-refractivity contribution in [3.8, 4) is 0 Å². The van der Waals surface area contributed by atoms with Crippen LogP contribution in [-0.2, 0) is 16.1 Å². The summed E-state index contributed by atoms with van der Waals surface area (Å²) in [4.78, 5) is 10.5. The number of aliphatic carboxylic acids is 1. The Labute approximate surface area is 137 Å². The third-order valence-electron chi connectivity index (χ3n) is 2.89. The van der Waals surface area contributed by atoms with Crippen LogP contribution in [0.15, 0.2) is 30.3 Å². The van der Waals surface area contributed by atoms with E-state index in [1.54, 1.807) is 0 Å². The van der Waals surface area contributed by atoms with Gasteiger partial charge < -0.3 is 0 Å². The Morgan fingerprint density at radius 3 is 2.73 bits per heavy atom. The molecule has 0 heterocycles. The molecule has 0 aliphatic carbocycles.